The Morgan fingerprint density at radius 1 is 0.517 bits per heavy atom. The summed E-state index contributed by atoms with van der Waals surface area (Å²) in [6.45, 7) is 6.26. The molecule has 320 valence electrons. The summed E-state index contributed by atoms with van der Waals surface area (Å²) in [7, 11) is -17.7. The van der Waals surface area contributed by atoms with Crippen LogP contribution in [0.25, 0.3) is 0 Å². The molecule has 2 aromatic heterocycles. The Labute approximate surface area is 349 Å². The van der Waals surface area contributed by atoms with Gasteiger partial charge in [-0.1, -0.05) is 0 Å². The van der Waals surface area contributed by atoms with Crippen molar-refractivity contribution in [2.75, 3.05) is 83.2 Å². The maximum absolute atomic E-state index is 12.7. The third-order valence-electron chi connectivity index (χ3n) is 9.55. The lowest BCUT2D eigenvalue weighted by Gasteiger charge is -2.33. The molecule has 58 heavy (non-hydrogen) atoms. The van der Waals surface area contributed by atoms with Crippen molar-refractivity contribution in [3.8, 4) is 0 Å². The third kappa shape index (κ3) is 11.8. The molecule has 16 nitrogen and oxygen atoms in total. The van der Waals surface area contributed by atoms with E-state index in [9.17, 15) is 42.1 Å². The van der Waals surface area contributed by atoms with Gasteiger partial charge in [0.25, 0.3) is 0 Å². The second-order valence-electron chi connectivity index (χ2n) is 13.5. The summed E-state index contributed by atoms with van der Waals surface area (Å²) in [5.41, 5.74) is 11.1. The number of benzene rings is 2. The van der Waals surface area contributed by atoms with Gasteiger partial charge in [0, 0.05) is 88.3 Å². The fraction of sp³-hybridized carbons (Fsp3) is 0.429. The van der Waals surface area contributed by atoms with Gasteiger partial charge in [-0.3, -0.25) is 9.80 Å². The van der Waals surface area contributed by atoms with Crippen LogP contribution in [0.4, 0.5) is 0 Å². The number of nitrogens with two attached hydrogens (primary N) is 2. The molecule has 0 amide bonds. The first kappa shape index (κ1) is 46.4. The first-order chi connectivity index (χ1) is 27.3. The molecule has 2 aliphatic heterocycles. The zero-order valence-electron chi connectivity index (χ0n) is 31.8. The number of sulfonamides is 1. The van der Waals surface area contributed by atoms with Crippen molar-refractivity contribution in [2.24, 2.45) is 11.5 Å². The van der Waals surface area contributed by atoms with Crippen LogP contribution in [0, 0.1) is 0 Å². The number of piperazine rings is 2. The number of thiophene rings is 2. The first-order valence-electron chi connectivity index (χ1n) is 18.1. The van der Waals surface area contributed by atoms with Gasteiger partial charge >= 0.3 is 0 Å². The van der Waals surface area contributed by atoms with Crippen LogP contribution in [0.1, 0.15) is 9.75 Å². The lowest BCUT2D eigenvalue weighted by molar-refractivity contribution is 0.197. The summed E-state index contributed by atoms with van der Waals surface area (Å²) in [4.78, 5) is 5.83. The average Bonchev–Trinajstić information content (AvgIpc) is 3.92. The molecule has 6 rings (SSSR count). The highest BCUT2D eigenvalue weighted by Gasteiger charge is 2.26. The Hall–Kier alpha value is -2.65. The molecule has 2 aliphatic rings. The summed E-state index contributed by atoms with van der Waals surface area (Å²) < 4.78 is 126. The minimum atomic E-state index is -3.73. The quantitative estimate of drug-likeness (QED) is 0.151. The molecule has 0 bridgehead atoms. The van der Waals surface area contributed by atoms with Crippen molar-refractivity contribution in [3.05, 3.63) is 82.6 Å². The average molecular weight is 937 g/mol. The third-order valence-corrected chi connectivity index (χ3v) is 21.0. The summed E-state index contributed by atoms with van der Waals surface area (Å²) in [6.07, 6.45) is 1.16. The maximum atomic E-state index is 12.7. The molecule has 0 saturated carbocycles. The second-order valence-corrected chi connectivity index (χ2v) is 26.4. The van der Waals surface area contributed by atoms with E-state index in [-0.39, 0.29) is 59.1 Å². The number of sulfone groups is 4. The predicted molar refractivity (Wildman–Crippen MR) is 224 cm³/mol. The molecule has 0 radical (unpaired) electrons. The topological polar surface area (TPSA) is 244 Å². The van der Waals surface area contributed by atoms with Crippen molar-refractivity contribution in [1.29, 1.82) is 0 Å². The van der Waals surface area contributed by atoms with Crippen LogP contribution in [0.15, 0.2) is 101 Å². The smallest absolute Gasteiger partial charge is 0.215 e. The van der Waals surface area contributed by atoms with E-state index in [4.69, 9.17) is 11.5 Å². The molecule has 2 fully saturated rings. The molecule has 0 atom stereocenters. The monoisotopic (exact) mass is 936 g/mol. The van der Waals surface area contributed by atoms with Crippen molar-refractivity contribution in [2.45, 2.75) is 41.1 Å². The molecular weight excluding hydrogens is 889 g/mol. The zero-order chi connectivity index (χ0) is 42.4. The Kier molecular flexibility index (Phi) is 15.5. The molecule has 23 heteroatoms. The van der Waals surface area contributed by atoms with Crippen LogP contribution < -0.4 is 16.8 Å². The molecule has 0 unspecified atom stereocenters. The molecule has 4 heterocycles. The molecule has 5 N–H and O–H groups in total. The van der Waals surface area contributed by atoms with Crippen LogP contribution in [0.2, 0.25) is 0 Å². The van der Waals surface area contributed by atoms with Crippen LogP contribution in [0.3, 0.4) is 0 Å². The number of rotatable bonds is 15. The van der Waals surface area contributed by atoms with Crippen LogP contribution >= 0.6 is 22.7 Å². The van der Waals surface area contributed by atoms with Gasteiger partial charge in [0.05, 0.1) is 37.3 Å². The van der Waals surface area contributed by atoms with E-state index in [2.05, 4.69) is 10.2 Å². The van der Waals surface area contributed by atoms with Crippen LogP contribution in [-0.4, -0.2) is 139 Å². The van der Waals surface area contributed by atoms with Gasteiger partial charge in [0.15, 0.2) is 19.7 Å². The summed E-state index contributed by atoms with van der Waals surface area (Å²) in [5, 5.41) is 3.23. The SMILES string of the molecule is CS(=O)(=O)N1CCN(CCS(=O)(=O)c2ccc(S(=O)(=O)c3ccc(CN)s3)cc2)CC1.NCc1ccc(S(=O)(=O)c2ccc(S(=O)(=O)CCN3CCNCC3)cc2)s1. The second kappa shape index (κ2) is 19.4. The van der Waals surface area contributed by atoms with E-state index < -0.39 is 49.4 Å². The lowest BCUT2D eigenvalue weighted by atomic mass is 10.4. The number of nitrogens with one attached hydrogen (secondary N) is 1. The summed E-state index contributed by atoms with van der Waals surface area (Å²) in [6, 6.07) is 17.0. The van der Waals surface area contributed by atoms with Gasteiger partial charge in [-0.05, 0) is 72.8 Å². The van der Waals surface area contributed by atoms with Crippen molar-refractivity contribution in [3.63, 3.8) is 0 Å². The number of hydrogen-bond acceptors (Lipinski definition) is 17. The highest BCUT2D eigenvalue weighted by atomic mass is 32.2. The van der Waals surface area contributed by atoms with Gasteiger partial charge in [-0.25, -0.2) is 42.1 Å². The minimum absolute atomic E-state index is 0.0177. The molecule has 0 aliphatic carbocycles. The largest absolute Gasteiger partial charge is 0.326 e. The van der Waals surface area contributed by atoms with E-state index in [0.29, 0.717) is 32.7 Å². The normalized spacial score (nSPS) is 16.8. The Morgan fingerprint density at radius 3 is 1.22 bits per heavy atom. The molecule has 2 saturated heterocycles. The van der Waals surface area contributed by atoms with Gasteiger partial charge < -0.3 is 16.8 Å². The van der Waals surface area contributed by atoms with Crippen LogP contribution in [0.5, 0.6) is 0 Å². The van der Waals surface area contributed by atoms with Crippen LogP contribution in [-0.2, 0) is 62.5 Å². The Bertz CT molecular complexity index is 2560. The standard InChI is InChI=1S/C18H25N3O6S4.C17H23N3O4S3/c1-29(22,23)21-10-8-20(9-11-21)12-13-30(24,25)16-3-5-17(6-4-16)31(26,27)18-7-2-15(14-19)28-18;18-13-14-1-6-17(25-14)27(23,24)16-4-2-15(3-5-16)26(21,22)12-11-20-9-7-19-8-10-20/h2-7H,8-14,19H2,1H3;1-6,19H,7-13,18H2. The molecule has 0 spiro atoms. The Morgan fingerprint density at radius 2 is 0.879 bits per heavy atom. The van der Waals surface area contributed by atoms with E-state index in [1.165, 1.54) is 65.0 Å². The number of nitrogens with zero attached hydrogens (tertiary/aromatic N) is 3. The fourth-order valence-corrected chi connectivity index (χ4v) is 14.7. The highest BCUT2D eigenvalue weighted by molar-refractivity contribution is 7.94. The first-order valence-corrected chi connectivity index (χ1v) is 27.9. The van der Waals surface area contributed by atoms with Gasteiger partial charge in [-0.2, -0.15) is 4.31 Å². The predicted octanol–water partition coefficient (Wildman–Crippen LogP) is 1.11. The van der Waals surface area contributed by atoms with Crippen molar-refractivity contribution in [1.82, 2.24) is 19.4 Å². The van der Waals surface area contributed by atoms with Crippen molar-refractivity contribution >= 4 is 72.0 Å². The summed E-state index contributed by atoms with van der Waals surface area (Å²) in [5.74, 6) is -0.118. The zero-order valence-corrected chi connectivity index (χ0v) is 37.5. The Balaban J connectivity index is 0.000000223. The van der Waals surface area contributed by atoms with E-state index in [1.807, 2.05) is 4.90 Å². The van der Waals surface area contributed by atoms with Gasteiger partial charge in [0.1, 0.15) is 8.42 Å². The van der Waals surface area contributed by atoms with E-state index >= 15 is 0 Å². The minimum Gasteiger partial charge on any atom is -0.326 e. The van der Waals surface area contributed by atoms with E-state index in [0.717, 1.165) is 64.9 Å². The molecule has 4 aromatic rings. The fourth-order valence-electron chi connectivity index (χ4n) is 6.06. The van der Waals surface area contributed by atoms with Crippen molar-refractivity contribution < 1.29 is 42.1 Å². The highest BCUT2D eigenvalue weighted by Crippen LogP contribution is 2.30. The van der Waals surface area contributed by atoms with E-state index in [1.54, 1.807) is 12.1 Å². The summed E-state index contributed by atoms with van der Waals surface area (Å²) >= 11 is 2.22. The molecule has 2 aromatic carbocycles. The van der Waals surface area contributed by atoms with Gasteiger partial charge in [-0.15, -0.1) is 22.7 Å². The maximum Gasteiger partial charge on any atom is 0.215 e. The lowest BCUT2D eigenvalue weighted by Crippen LogP contribution is -2.49. The molecular formula is C35H48N6O10S7. The van der Waals surface area contributed by atoms with Gasteiger partial charge in [0.2, 0.25) is 29.7 Å². The number of hydrogen-bond donors (Lipinski definition) is 3.